The van der Waals surface area contributed by atoms with E-state index in [1.54, 1.807) is 18.8 Å². The molecule has 4 heteroatoms. The van der Waals surface area contributed by atoms with E-state index < -0.39 is 4.75 Å². The van der Waals surface area contributed by atoms with E-state index in [-0.39, 0.29) is 30.4 Å². The van der Waals surface area contributed by atoms with E-state index in [1.807, 2.05) is 25.1 Å². The van der Waals surface area contributed by atoms with Crippen LogP contribution in [0.15, 0.2) is 91.0 Å². The smallest absolute Gasteiger partial charge is 0.220 e. The lowest BCUT2D eigenvalue weighted by Gasteiger charge is -2.36. The van der Waals surface area contributed by atoms with Gasteiger partial charge < -0.3 is 5.32 Å². The number of rotatable bonds is 10. The summed E-state index contributed by atoms with van der Waals surface area (Å²) in [6, 6.07) is 31.4. The molecule has 3 aromatic carbocycles. The molecule has 0 radical (unpaired) electrons. The first kappa shape index (κ1) is 22.8. The minimum Gasteiger partial charge on any atom is -0.359 e. The van der Waals surface area contributed by atoms with E-state index >= 15 is 0 Å². The van der Waals surface area contributed by atoms with Crippen molar-refractivity contribution in [1.29, 1.82) is 0 Å². The minimum atomic E-state index is -0.431. The number of carbonyl (C=O) groups excluding carboxylic acids is 2. The van der Waals surface area contributed by atoms with E-state index in [1.165, 1.54) is 16.7 Å². The fourth-order valence-corrected chi connectivity index (χ4v) is 5.31. The molecule has 1 N–H and O–H groups in total. The van der Waals surface area contributed by atoms with Crippen LogP contribution in [0.25, 0.3) is 0 Å². The number of hydrogen-bond donors (Lipinski definition) is 1. The first-order valence-electron chi connectivity index (χ1n) is 10.6. The first-order chi connectivity index (χ1) is 15.1. The third kappa shape index (κ3) is 5.45. The van der Waals surface area contributed by atoms with Crippen molar-refractivity contribution in [3.05, 3.63) is 108 Å². The Labute approximate surface area is 189 Å². The summed E-state index contributed by atoms with van der Waals surface area (Å²) in [4.78, 5) is 24.2. The lowest BCUT2D eigenvalue weighted by molar-refractivity contribution is -0.126. The summed E-state index contributed by atoms with van der Waals surface area (Å²) in [6.45, 7) is 1.96. The molecule has 3 aromatic rings. The second-order valence-electron chi connectivity index (χ2n) is 7.63. The number of ketones is 1. The average molecular weight is 432 g/mol. The fourth-order valence-electron chi connectivity index (χ4n) is 3.72. The topological polar surface area (TPSA) is 46.2 Å². The molecule has 0 heterocycles. The lowest BCUT2D eigenvalue weighted by atomic mass is 9.84. The molecule has 160 valence electrons. The second kappa shape index (κ2) is 11.0. The Kier molecular flexibility index (Phi) is 8.07. The van der Waals surface area contributed by atoms with Gasteiger partial charge >= 0.3 is 0 Å². The van der Waals surface area contributed by atoms with Crippen LogP contribution in [0.2, 0.25) is 0 Å². The van der Waals surface area contributed by atoms with E-state index in [0.29, 0.717) is 5.75 Å². The molecule has 0 aromatic heterocycles. The van der Waals surface area contributed by atoms with E-state index in [2.05, 4.69) is 78.1 Å². The van der Waals surface area contributed by atoms with Crippen molar-refractivity contribution < 1.29 is 9.59 Å². The predicted octanol–water partition coefficient (Wildman–Crippen LogP) is 5.44. The number of carbonyl (C=O) groups is 2. The van der Waals surface area contributed by atoms with Crippen molar-refractivity contribution in [3.63, 3.8) is 0 Å². The maximum Gasteiger partial charge on any atom is 0.220 e. The minimum absolute atomic E-state index is 0.0968. The molecule has 0 saturated heterocycles. The number of benzene rings is 3. The molecule has 0 spiro atoms. The van der Waals surface area contributed by atoms with Gasteiger partial charge in [0.15, 0.2) is 0 Å². The Morgan fingerprint density at radius 2 is 1.19 bits per heavy atom. The van der Waals surface area contributed by atoms with Crippen molar-refractivity contribution in [2.75, 3.05) is 12.8 Å². The van der Waals surface area contributed by atoms with Crippen molar-refractivity contribution in [1.82, 2.24) is 5.32 Å². The molecular weight excluding hydrogens is 402 g/mol. The van der Waals surface area contributed by atoms with E-state index in [4.69, 9.17) is 0 Å². The molecular formula is C27H29NO2S. The fraction of sp³-hybridized carbons (Fsp3) is 0.259. The first-order valence-corrected chi connectivity index (χ1v) is 11.6. The lowest BCUT2D eigenvalue weighted by Crippen LogP contribution is -2.28. The summed E-state index contributed by atoms with van der Waals surface area (Å²) in [5, 5.41) is 2.58. The van der Waals surface area contributed by atoms with Crippen LogP contribution in [0.4, 0.5) is 0 Å². The zero-order chi connectivity index (χ0) is 22.1. The Hall–Kier alpha value is -2.85. The monoisotopic (exact) mass is 431 g/mol. The molecule has 0 unspecified atom stereocenters. The van der Waals surface area contributed by atoms with Crippen molar-refractivity contribution in [2.45, 2.75) is 24.5 Å². The van der Waals surface area contributed by atoms with Crippen LogP contribution in [0.5, 0.6) is 0 Å². The zero-order valence-corrected chi connectivity index (χ0v) is 18.9. The molecule has 3 rings (SSSR count). The molecule has 1 amide bonds. The molecule has 0 aliphatic heterocycles. The third-order valence-electron chi connectivity index (χ3n) is 5.52. The quantitative estimate of drug-likeness (QED) is 0.435. The number of thioether (sulfide) groups is 1. The summed E-state index contributed by atoms with van der Waals surface area (Å²) >= 11 is 1.78. The number of hydrogen-bond acceptors (Lipinski definition) is 3. The summed E-state index contributed by atoms with van der Waals surface area (Å²) in [5.41, 5.74) is 3.55. The summed E-state index contributed by atoms with van der Waals surface area (Å²) in [6.07, 6.45) is 0.516. The third-order valence-corrected chi connectivity index (χ3v) is 7.32. The summed E-state index contributed by atoms with van der Waals surface area (Å²) < 4.78 is -0.431. The maximum absolute atomic E-state index is 12.7. The summed E-state index contributed by atoms with van der Waals surface area (Å²) in [7, 11) is 1.60. The molecule has 0 fully saturated rings. The van der Waals surface area contributed by atoms with E-state index in [9.17, 15) is 9.59 Å². The Balaban J connectivity index is 1.97. The van der Waals surface area contributed by atoms with Gasteiger partial charge in [0, 0.05) is 31.6 Å². The predicted molar refractivity (Wildman–Crippen MR) is 129 cm³/mol. The molecule has 31 heavy (non-hydrogen) atoms. The van der Waals surface area contributed by atoms with Gasteiger partial charge in [0.25, 0.3) is 0 Å². The van der Waals surface area contributed by atoms with Gasteiger partial charge in [-0.05, 0) is 16.7 Å². The van der Waals surface area contributed by atoms with Crippen molar-refractivity contribution in [2.24, 2.45) is 5.92 Å². The van der Waals surface area contributed by atoms with Gasteiger partial charge in [-0.3, -0.25) is 9.59 Å². The van der Waals surface area contributed by atoms with Gasteiger partial charge in [-0.1, -0.05) is 97.9 Å². The normalized spacial score (nSPS) is 12.2. The van der Waals surface area contributed by atoms with Gasteiger partial charge in [-0.15, -0.1) is 11.8 Å². The standard InChI is InChI=1S/C27H29NO2S/c1-21(25(29)18-19-26(30)28-2)20-31-27(22-12-6-3-7-13-22,23-14-8-4-9-15-23)24-16-10-5-11-17-24/h3-17,21H,18-20H2,1-2H3,(H,28,30)/t21-/m0/s1. The Morgan fingerprint density at radius 1 is 0.774 bits per heavy atom. The van der Waals surface area contributed by atoms with E-state index in [0.717, 1.165) is 0 Å². The van der Waals surface area contributed by atoms with Gasteiger partial charge in [0.1, 0.15) is 5.78 Å². The van der Waals surface area contributed by atoms with Gasteiger partial charge in [-0.25, -0.2) is 0 Å². The number of amides is 1. The Bertz CT molecular complexity index is 877. The molecule has 0 aliphatic carbocycles. The van der Waals surface area contributed by atoms with Crippen LogP contribution in [0, 0.1) is 5.92 Å². The van der Waals surface area contributed by atoms with Crippen LogP contribution in [0.1, 0.15) is 36.5 Å². The molecule has 0 saturated carbocycles. The number of nitrogens with one attached hydrogen (secondary N) is 1. The van der Waals surface area contributed by atoms with Crippen molar-refractivity contribution >= 4 is 23.5 Å². The SMILES string of the molecule is CNC(=O)CCC(=O)[C@@H](C)CSC(c1ccccc1)(c1ccccc1)c1ccccc1. The molecule has 0 bridgehead atoms. The van der Waals surface area contributed by atoms with Crippen LogP contribution >= 0.6 is 11.8 Å². The highest BCUT2D eigenvalue weighted by molar-refractivity contribution is 8.00. The van der Waals surface area contributed by atoms with Gasteiger partial charge in [0.05, 0.1) is 4.75 Å². The summed E-state index contributed by atoms with van der Waals surface area (Å²) in [5.74, 6) is 0.537. The van der Waals surface area contributed by atoms with Gasteiger partial charge in [0.2, 0.25) is 5.91 Å². The maximum atomic E-state index is 12.7. The highest BCUT2D eigenvalue weighted by Crippen LogP contribution is 2.49. The zero-order valence-electron chi connectivity index (χ0n) is 18.1. The molecule has 3 nitrogen and oxygen atoms in total. The highest BCUT2D eigenvalue weighted by atomic mass is 32.2. The van der Waals surface area contributed by atoms with Gasteiger partial charge in [-0.2, -0.15) is 0 Å². The van der Waals surface area contributed by atoms with Crippen LogP contribution in [-0.2, 0) is 14.3 Å². The van der Waals surface area contributed by atoms with Crippen LogP contribution in [0.3, 0.4) is 0 Å². The van der Waals surface area contributed by atoms with Crippen LogP contribution in [-0.4, -0.2) is 24.5 Å². The second-order valence-corrected chi connectivity index (χ2v) is 8.87. The average Bonchev–Trinajstić information content (AvgIpc) is 2.84. The van der Waals surface area contributed by atoms with Crippen LogP contribution < -0.4 is 5.32 Å². The number of Topliss-reactive ketones (excluding diaryl/α,β-unsaturated/α-hetero) is 1. The highest BCUT2D eigenvalue weighted by Gasteiger charge is 2.37. The largest absolute Gasteiger partial charge is 0.359 e. The molecule has 1 atom stereocenters. The van der Waals surface area contributed by atoms with Crippen molar-refractivity contribution in [3.8, 4) is 0 Å². The Morgan fingerprint density at radius 3 is 1.58 bits per heavy atom. The molecule has 0 aliphatic rings.